The van der Waals surface area contributed by atoms with E-state index in [1.807, 2.05) is 0 Å². The molecule has 3 nitrogen and oxygen atoms in total. The second-order valence-corrected chi connectivity index (χ2v) is 2.55. The predicted octanol–water partition coefficient (Wildman–Crippen LogP) is -0.199. The van der Waals surface area contributed by atoms with Crippen molar-refractivity contribution >= 4 is 0 Å². The molecule has 1 fully saturated rings. The molecule has 48 valence electrons. The minimum Gasteiger partial charge on any atom is -0.273 e. The van der Waals surface area contributed by atoms with Gasteiger partial charge in [-0.2, -0.15) is 0 Å². The maximum atomic E-state index is 5.40. The summed E-state index contributed by atoms with van der Waals surface area (Å²) in [6.45, 7) is 6.20. The van der Waals surface area contributed by atoms with Gasteiger partial charge in [0, 0.05) is 6.04 Å². The van der Waals surface area contributed by atoms with Crippen LogP contribution in [0.25, 0.3) is 0 Å². The Morgan fingerprint density at radius 1 is 1.38 bits per heavy atom. The molecule has 0 aromatic carbocycles. The Morgan fingerprint density at radius 3 is 2.00 bits per heavy atom. The van der Waals surface area contributed by atoms with Gasteiger partial charge in [0.25, 0.3) is 0 Å². The molecule has 1 saturated heterocycles. The molecule has 1 heterocycles. The average molecular weight is 115 g/mol. The van der Waals surface area contributed by atoms with Crippen LogP contribution in [0.4, 0.5) is 0 Å². The summed E-state index contributed by atoms with van der Waals surface area (Å²) < 4.78 is 0. The lowest BCUT2D eigenvalue weighted by Gasteiger charge is -2.41. The largest absolute Gasteiger partial charge is 0.273 e. The lowest BCUT2D eigenvalue weighted by Crippen LogP contribution is -2.60. The monoisotopic (exact) mass is 115 g/mol. The Kier molecular flexibility index (Phi) is 1.51. The standard InChI is InChI=1S/C5H13N3/c1-5(2)7-3-8(6)4-7/h5H,3-4,6H2,1-2H3. The topological polar surface area (TPSA) is 32.5 Å². The molecule has 0 unspecified atom stereocenters. The highest BCUT2D eigenvalue weighted by Gasteiger charge is 2.22. The van der Waals surface area contributed by atoms with E-state index in [4.69, 9.17) is 5.84 Å². The molecule has 0 saturated carbocycles. The lowest BCUT2D eigenvalue weighted by atomic mass is 10.3. The molecule has 0 aromatic rings. The highest BCUT2D eigenvalue weighted by molar-refractivity contribution is 4.67. The van der Waals surface area contributed by atoms with Gasteiger partial charge in [-0.1, -0.05) is 0 Å². The Morgan fingerprint density at radius 2 is 1.88 bits per heavy atom. The first-order valence-corrected chi connectivity index (χ1v) is 2.94. The minimum atomic E-state index is 0.648. The molecular weight excluding hydrogens is 102 g/mol. The van der Waals surface area contributed by atoms with Crippen LogP contribution in [0.15, 0.2) is 0 Å². The second-order valence-electron chi connectivity index (χ2n) is 2.55. The van der Waals surface area contributed by atoms with E-state index in [-0.39, 0.29) is 0 Å². The van der Waals surface area contributed by atoms with E-state index in [1.165, 1.54) is 0 Å². The SMILES string of the molecule is CC(C)N1CN(N)C1. The van der Waals surface area contributed by atoms with Gasteiger partial charge >= 0.3 is 0 Å². The van der Waals surface area contributed by atoms with E-state index in [9.17, 15) is 0 Å². The number of hydrazine groups is 1. The van der Waals surface area contributed by atoms with Gasteiger partial charge < -0.3 is 0 Å². The first kappa shape index (κ1) is 6.01. The van der Waals surface area contributed by atoms with Crippen molar-refractivity contribution in [2.45, 2.75) is 19.9 Å². The van der Waals surface area contributed by atoms with Crippen LogP contribution in [0.2, 0.25) is 0 Å². The van der Waals surface area contributed by atoms with Crippen LogP contribution in [-0.2, 0) is 0 Å². The predicted molar refractivity (Wildman–Crippen MR) is 32.7 cm³/mol. The quantitative estimate of drug-likeness (QED) is 0.480. The van der Waals surface area contributed by atoms with Crippen molar-refractivity contribution in [1.29, 1.82) is 0 Å². The summed E-state index contributed by atoms with van der Waals surface area (Å²) in [6.07, 6.45) is 0. The number of rotatable bonds is 1. The number of hydrogen-bond acceptors (Lipinski definition) is 3. The summed E-state index contributed by atoms with van der Waals surface area (Å²) in [4.78, 5) is 2.29. The number of nitrogens with two attached hydrogens (primary N) is 1. The summed E-state index contributed by atoms with van der Waals surface area (Å²) in [5, 5.41) is 1.79. The van der Waals surface area contributed by atoms with Gasteiger partial charge in [0.15, 0.2) is 0 Å². The van der Waals surface area contributed by atoms with Crippen molar-refractivity contribution in [2.24, 2.45) is 5.84 Å². The van der Waals surface area contributed by atoms with Crippen molar-refractivity contribution in [2.75, 3.05) is 13.3 Å². The third kappa shape index (κ3) is 0.992. The molecule has 1 aliphatic rings. The van der Waals surface area contributed by atoms with Crippen LogP contribution in [0.1, 0.15) is 13.8 Å². The fourth-order valence-electron chi connectivity index (χ4n) is 0.752. The van der Waals surface area contributed by atoms with Gasteiger partial charge in [-0.05, 0) is 13.8 Å². The molecule has 8 heavy (non-hydrogen) atoms. The summed E-state index contributed by atoms with van der Waals surface area (Å²) in [5.41, 5.74) is 0. The fourth-order valence-corrected chi connectivity index (χ4v) is 0.752. The Hall–Kier alpha value is -0.120. The molecule has 0 bridgehead atoms. The lowest BCUT2D eigenvalue weighted by molar-refractivity contribution is -0.0518. The molecule has 0 aliphatic carbocycles. The molecule has 1 rings (SSSR count). The second kappa shape index (κ2) is 2.01. The van der Waals surface area contributed by atoms with Crippen LogP contribution in [0, 0.1) is 0 Å². The fraction of sp³-hybridized carbons (Fsp3) is 1.00. The van der Waals surface area contributed by atoms with Crippen LogP contribution in [0.3, 0.4) is 0 Å². The Balaban J connectivity index is 2.15. The summed E-state index contributed by atoms with van der Waals surface area (Å²) in [6, 6.07) is 0.648. The molecule has 0 amide bonds. The third-order valence-electron chi connectivity index (χ3n) is 1.46. The zero-order chi connectivity index (χ0) is 6.15. The van der Waals surface area contributed by atoms with Crippen molar-refractivity contribution < 1.29 is 0 Å². The van der Waals surface area contributed by atoms with Gasteiger partial charge in [-0.25, -0.2) is 5.01 Å². The third-order valence-corrected chi connectivity index (χ3v) is 1.46. The molecule has 3 heteroatoms. The molecular formula is C5H13N3. The highest BCUT2D eigenvalue weighted by Crippen LogP contribution is 2.06. The van der Waals surface area contributed by atoms with E-state index >= 15 is 0 Å². The van der Waals surface area contributed by atoms with Crippen LogP contribution in [0.5, 0.6) is 0 Å². The first-order chi connectivity index (χ1) is 3.70. The molecule has 2 N–H and O–H groups in total. The summed E-state index contributed by atoms with van der Waals surface area (Å²) in [7, 11) is 0. The molecule has 1 aliphatic heterocycles. The van der Waals surface area contributed by atoms with Gasteiger partial charge in [-0.15, -0.1) is 0 Å². The van der Waals surface area contributed by atoms with E-state index in [0.717, 1.165) is 13.3 Å². The maximum absolute atomic E-state index is 5.40. The molecule has 0 spiro atoms. The normalized spacial score (nSPS) is 24.0. The van der Waals surface area contributed by atoms with E-state index in [1.54, 1.807) is 5.01 Å². The van der Waals surface area contributed by atoms with Gasteiger partial charge in [-0.3, -0.25) is 10.7 Å². The Bertz CT molecular complexity index is 75.7. The summed E-state index contributed by atoms with van der Waals surface area (Å²) >= 11 is 0. The van der Waals surface area contributed by atoms with Gasteiger partial charge in [0.1, 0.15) is 0 Å². The van der Waals surface area contributed by atoms with Gasteiger partial charge in [0.2, 0.25) is 0 Å². The average Bonchev–Trinajstić information content (AvgIpc) is 1.57. The van der Waals surface area contributed by atoms with Crippen LogP contribution >= 0.6 is 0 Å². The summed E-state index contributed by atoms with van der Waals surface area (Å²) in [5.74, 6) is 5.40. The van der Waals surface area contributed by atoms with E-state index in [2.05, 4.69) is 18.7 Å². The van der Waals surface area contributed by atoms with Crippen molar-refractivity contribution in [1.82, 2.24) is 9.91 Å². The van der Waals surface area contributed by atoms with Crippen molar-refractivity contribution in [3.05, 3.63) is 0 Å². The maximum Gasteiger partial charge on any atom is 0.0671 e. The molecule has 0 aromatic heterocycles. The van der Waals surface area contributed by atoms with Crippen molar-refractivity contribution in [3.63, 3.8) is 0 Å². The molecule has 0 atom stereocenters. The smallest absolute Gasteiger partial charge is 0.0671 e. The molecule has 0 radical (unpaired) electrons. The minimum absolute atomic E-state index is 0.648. The Labute approximate surface area is 50.0 Å². The van der Waals surface area contributed by atoms with E-state index in [0.29, 0.717) is 6.04 Å². The van der Waals surface area contributed by atoms with Crippen molar-refractivity contribution in [3.8, 4) is 0 Å². The highest BCUT2D eigenvalue weighted by atomic mass is 15.6. The number of hydrogen-bond donors (Lipinski definition) is 1. The number of nitrogens with zero attached hydrogens (tertiary/aromatic N) is 2. The van der Waals surface area contributed by atoms with E-state index < -0.39 is 0 Å². The van der Waals surface area contributed by atoms with Gasteiger partial charge in [0.05, 0.1) is 13.3 Å². The van der Waals surface area contributed by atoms with Crippen LogP contribution < -0.4 is 5.84 Å². The first-order valence-electron chi connectivity index (χ1n) is 2.94. The zero-order valence-electron chi connectivity index (χ0n) is 5.46. The zero-order valence-corrected chi connectivity index (χ0v) is 5.46. The van der Waals surface area contributed by atoms with Crippen LogP contribution in [-0.4, -0.2) is 29.3 Å².